The monoisotopic (exact) mass is 461 g/mol. The van der Waals surface area contributed by atoms with Crippen molar-refractivity contribution in [3.63, 3.8) is 0 Å². The highest BCUT2D eigenvalue weighted by Crippen LogP contribution is 2.48. The van der Waals surface area contributed by atoms with Gasteiger partial charge in [-0.3, -0.25) is 0 Å². The van der Waals surface area contributed by atoms with Gasteiger partial charge in [0, 0.05) is 42.3 Å². The van der Waals surface area contributed by atoms with Gasteiger partial charge in [-0.05, 0) is 27.4 Å². The Morgan fingerprint density at radius 1 is 1.46 bits per heavy atom. The molecule has 9 heteroatoms. The Kier molecular flexibility index (Phi) is 4.71. The molecule has 1 saturated carbocycles. The zero-order chi connectivity index (χ0) is 18.5. The van der Waals surface area contributed by atoms with Crippen molar-refractivity contribution in [1.82, 2.24) is 4.98 Å². The molecule has 0 spiro atoms. The molecule has 0 unspecified atom stereocenters. The van der Waals surface area contributed by atoms with Crippen LogP contribution in [0.5, 0.6) is 0 Å². The van der Waals surface area contributed by atoms with Gasteiger partial charge in [0.2, 0.25) is 5.92 Å². The zero-order valence-corrected chi connectivity index (χ0v) is 16.6. The van der Waals surface area contributed by atoms with E-state index >= 15 is 0 Å². The number of anilines is 1. The van der Waals surface area contributed by atoms with Crippen LogP contribution in [0.3, 0.4) is 0 Å². The Balaban J connectivity index is 1.73. The molecule has 0 aliphatic heterocycles. The molecule has 0 aromatic carbocycles. The first kappa shape index (κ1) is 18.2. The van der Waals surface area contributed by atoms with E-state index in [1.165, 1.54) is 0 Å². The number of furan rings is 1. The lowest BCUT2D eigenvalue weighted by Gasteiger charge is -2.11. The number of thiophene rings is 1. The summed E-state index contributed by atoms with van der Waals surface area (Å²) in [6.07, 6.45) is -0.683. The molecule has 0 bridgehead atoms. The van der Waals surface area contributed by atoms with Crippen molar-refractivity contribution in [3.05, 3.63) is 43.8 Å². The fraction of sp³-hybridized carbons (Fsp3) is 0.353. The summed E-state index contributed by atoms with van der Waals surface area (Å²) in [5.41, 5.74) is 7.60. The van der Waals surface area contributed by atoms with Crippen LogP contribution in [0.1, 0.15) is 29.4 Å². The third-order valence-electron chi connectivity index (χ3n) is 4.52. The van der Waals surface area contributed by atoms with Crippen LogP contribution in [0, 0.1) is 0 Å². The lowest BCUT2D eigenvalue weighted by atomic mass is 10.0. The number of fused-ring (bicyclic) bond motifs is 1. The molecule has 1 aliphatic rings. The van der Waals surface area contributed by atoms with Crippen LogP contribution in [0.4, 0.5) is 14.5 Å². The average molecular weight is 463 g/mol. The van der Waals surface area contributed by atoms with Crippen LogP contribution in [-0.2, 0) is 6.54 Å². The van der Waals surface area contributed by atoms with Gasteiger partial charge in [-0.15, -0.1) is 11.3 Å². The molecule has 4 nitrogen and oxygen atoms in total. The Hall–Kier alpha value is -1.22. The first-order valence-electron chi connectivity index (χ1n) is 8.02. The number of hydrogen-bond acceptors (Lipinski definition) is 5. The number of nitrogens with zero attached hydrogens (tertiary/aromatic N) is 1. The highest BCUT2D eigenvalue weighted by Gasteiger charge is 2.47. The first-order chi connectivity index (χ1) is 12.3. The predicted octanol–water partition coefficient (Wildman–Crippen LogP) is 5.76. The van der Waals surface area contributed by atoms with Crippen molar-refractivity contribution in [2.45, 2.75) is 37.3 Å². The van der Waals surface area contributed by atoms with E-state index in [1.54, 1.807) is 17.4 Å². The molecule has 1 fully saturated rings. The molecular formula is C17H15BrClF2N3OS. The number of hydrogen-bond donors (Lipinski definition) is 2. The fourth-order valence-corrected chi connectivity index (χ4v) is 4.80. The molecule has 4 rings (SSSR count). The van der Waals surface area contributed by atoms with Gasteiger partial charge >= 0.3 is 0 Å². The minimum Gasteiger partial charge on any atom is -0.456 e. The summed E-state index contributed by atoms with van der Waals surface area (Å²) >= 11 is 11.2. The van der Waals surface area contributed by atoms with E-state index in [2.05, 4.69) is 26.2 Å². The SMILES string of the molecule is N[C@H]1CC(F)(F)C[C@H]1c1oc2c(NCc3cccs3)cc(Cl)nc2c1Br. The van der Waals surface area contributed by atoms with Crippen molar-refractivity contribution in [2.75, 3.05) is 5.32 Å². The van der Waals surface area contributed by atoms with Gasteiger partial charge in [0.25, 0.3) is 0 Å². The molecule has 1 aliphatic carbocycles. The quantitative estimate of drug-likeness (QED) is 0.484. The van der Waals surface area contributed by atoms with Gasteiger partial charge in [-0.25, -0.2) is 13.8 Å². The lowest BCUT2D eigenvalue weighted by Crippen LogP contribution is -2.23. The van der Waals surface area contributed by atoms with E-state index in [4.69, 9.17) is 21.8 Å². The topological polar surface area (TPSA) is 64.1 Å². The van der Waals surface area contributed by atoms with Crippen molar-refractivity contribution >= 4 is 55.7 Å². The summed E-state index contributed by atoms with van der Waals surface area (Å²) in [5.74, 6) is -2.95. The molecular weight excluding hydrogens is 448 g/mol. The van der Waals surface area contributed by atoms with Gasteiger partial charge in [-0.1, -0.05) is 17.7 Å². The molecule has 0 radical (unpaired) electrons. The number of nitrogens with two attached hydrogens (primary N) is 1. The van der Waals surface area contributed by atoms with Crippen LogP contribution in [-0.4, -0.2) is 16.9 Å². The standard InChI is InChI=1S/C17H15BrClF2N3OS/c18-13-14-16(25-15(13)9-5-17(20,21)6-10(9)22)11(4-12(19)24-14)23-7-8-2-1-3-26-8/h1-4,9-10H,5-7,22H2,(H,23,24)/t9-,10+/m1/s1. The van der Waals surface area contributed by atoms with E-state index in [1.807, 2.05) is 17.5 Å². The smallest absolute Gasteiger partial charge is 0.250 e. The molecule has 0 saturated heterocycles. The predicted molar refractivity (Wildman–Crippen MR) is 103 cm³/mol. The number of nitrogens with one attached hydrogen (secondary N) is 1. The van der Waals surface area contributed by atoms with Gasteiger partial charge in [0.05, 0.1) is 10.2 Å². The van der Waals surface area contributed by atoms with Gasteiger partial charge in [0.15, 0.2) is 5.58 Å². The summed E-state index contributed by atoms with van der Waals surface area (Å²) in [6.45, 7) is 0.599. The number of alkyl halides is 2. The Morgan fingerprint density at radius 3 is 2.92 bits per heavy atom. The van der Waals surface area contributed by atoms with Crippen molar-refractivity contribution < 1.29 is 13.2 Å². The van der Waals surface area contributed by atoms with Gasteiger partial charge in [0.1, 0.15) is 16.4 Å². The van der Waals surface area contributed by atoms with Crippen LogP contribution >= 0.6 is 38.9 Å². The Morgan fingerprint density at radius 2 is 2.27 bits per heavy atom. The number of halogens is 4. The largest absolute Gasteiger partial charge is 0.456 e. The second-order valence-electron chi connectivity index (χ2n) is 6.42. The van der Waals surface area contributed by atoms with E-state index in [0.717, 1.165) is 4.88 Å². The first-order valence-corrected chi connectivity index (χ1v) is 10.1. The Labute approximate surface area is 165 Å². The summed E-state index contributed by atoms with van der Waals surface area (Å²) in [4.78, 5) is 5.44. The molecule has 2 atom stereocenters. The van der Waals surface area contributed by atoms with E-state index in [-0.39, 0.29) is 12.8 Å². The number of pyridine rings is 1. The molecule has 3 N–H and O–H groups in total. The van der Waals surface area contributed by atoms with Crippen molar-refractivity contribution in [2.24, 2.45) is 5.73 Å². The number of rotatable bonds is 4. The van der Waals surface area contributed by atoms with E-state index in [0.29, 0.717) is 38.7 Å². The maximum absolute atomic E-state index is 13.8. The average Bonchev–Trinajstić information content (AvgIpc) is 3.25. The second kappa shape index (κ2) is 6.74. The molecule has 3 heterocycles. The number of aromatic nitrogens is 1. The maximum atomic E-state index is 13.8. The third kappa shape index (κ3) is 3.35. The third-order valence-corrected chi connectivity index (χ3v) is 6.35. The lowest BCUT2D eigenvalue weighted by molar-refractivity contribution is 0.00621. The minimum absolute atomic E-state index is 0.292. The van der Waals surface area contributed by atoms with Crippen molar-refractivity contribution in [3.8, 4) is 0 Å². The zero-order valence-electron chi connectivity index (χ0n) is 13.4. The maximum Gasteiger partial charge on any atom is 0.250 e. The molecule has 3 aromatic rings. The van der Waals surface area contributed by atoms with Crippen LogP contribution in [0.25, 0.3) is 11.1 Å². The molecule has 0 amide bonds. The molecule has 26 heavy (non-hydrogen) atoms. The van der Waals surface area contributed by atoms with Gasteiger partial charge in [-0.2, -0.15) is 0 Å². The van der Waals surface area contributed by atoms with E-state index < -0.39 is 17.9 Å². The normalized spacial score (nSPS) is 22.2. The van der Waals surface area contributed by atoms with Crippen molar-refractivity contribution in [1.29, 1.82) is 0 Å². The van der Waals surface area contributed by atoms with Gasteiger partial charge < -0.3 is 15.5 Å². The summed E-state index contributed by atoms with van der Waals surface area (Å²) < 4.78 is 34.0. The summed E-state index contributed by atoms with van der Waals surface area (Å²) in [6, 6.07) is 4.99. The second-order valence-corrected chi connectivity index (χ2v) is 8.63. The highest BCUT2D eigenvalue weighted by molar-refractivity contribution is 9.10. The molecule has 3 aromatic heterocycles. The minimum atomic E-state index is -2.78. The van der Waals surface area contributed by atoms with Crippen LogP contribution in [0.15, 0.2) is 32.5 Å². The molecule has 138 valence electrons. The van der Waals surface area contributed by atoms with Crippen LogP contribution < -0.4 is 11.1 Å². The highest BCUT2D eigenvalue weighted by atomic mass is 79.9. The van der Waals surface area contributed by atoms with E-state index in [9.17, 15) is 8.78 Å². The fourth-order valence-electron chi connectivity index (χ4n) is 3.32. The van der Waals surface area contributed by atoms with Crippen LogP contribution in [0.2, 0.25) is 5.15 Å². The summed E-state index contributed by atoms with van der Waals surface area (Å²) in [5, 5.41) is 5.57. The summed E-state index contributed by atoms with van der Waals surface area (Å²) in [7, 11) is 0. The Bertz CT molecular complexity index is 947.